The Morgan fingerprint density at radius 1 is 1.20 bits per heavy atom. The van der Waals surface area contributed by atoms with E-state index >= 15 is 0 Å². The van der Waals surface area contributed by atoms with Gasteiger partial charge in [-0.15, -0.1) is 10.2 Å². The Morgan fingerprint density at radius 2 is 2.05 bits per heavy atom. The summed E-state index contributed by atoms with van der Waals surface area (Å²) in [5, 5.41) is 8.18. The van der Waals surface area contributed by atoms with Gasteiger partial charge in [0.1, 0.15) is 12.2 Å². The molecule has 104 valence electrons. The highest BCUT2D eigenvalue weighted by molar-refractivity contribution is 5.79. The Hall–Kier alpha value is -2.37. The SMILES string of the molecule is CCc1nc2cc(N)ccc2n1Cc1nncn1CC. The Balaban J connectivity index is 2.10. The molecule has 6 heteroatoms. The van der Waals surface area contributed by atoms with Gasteiger partial charge < -0.3 is 14.9 Å². The van der Waals surface area contributed by atoms with Crippen LogP contribution >= 0.6 is 0 Å². The van der Waals surface area contributed by atoms with E-state index in [4.69, 9.17) is 5.73 Å². The molecular formula is C14H18N6. The molecule has 0 saturated carbocycles. The van der Waals surface area contributed by atoms with E-state index in [0.717, 1.165) is 41.3 Å². The molecule has 0 fully saturated rings. The fraction of sp³-hybridized carbons (Fsp3) is 0.357. The number of nitrogens with zero attached hydrogens (tertiary/aromatic N) is 5. The van der Waals surface area contributed by atoms with E-state index in [1.165, 1.54) is 0 Å². The number of aromatic nitrogens is 5. The van der Waals surface area contributed by atoms with Crippen LogP contribution in [0.3, 0.4) is 0 Å². The van der Waals surface area contributed by atoms with E-state index in [1.54, 1.807) is 6.33 Å². The topological polar surface area (TPSA) is 74.6 Å². The minimum atomic E-state index is 0.678. The molecule has 0 saturated heterocycles. The first-order valence-corrected chi connectivity index (χ1v) is 6.84. The predicted molar refractivity (Wildman–Crippen MR) is 78.3 cm³/mol. The zero-order valence-electron chi connectivity index (χ0n) is 11.7. The van der Waals surface area contributed by atoms with E-state index in [9.17, 15) is 0 Å². The number of nitrogens with two attached hydrogens (primary N) is 1. The second-order valence-electron chi connectivity index (χ2n) is 4.75. The zero-order chi connectivity index (χ0) is 14.1. The van der Waals surface area contributed by atoms with Crippen molar-refractivity contribution >= 4 is 16.7 Å². The van der Waals surface area contributed by atoms with Crippen molar-refractivity contribution in [3.8, 4) is 0 Å². The molecule has 0 radical (unpaired) electrons. The monoisotopic (exact) mass is 270 g/mol. The number of imidazole rings is 1. The average Bonchev–Trinajstić information content (AvgIpc) is 3.03. The standard InChI is InChI=1S/C14H18N6/c1-3-13-17-11-7-10(15)5-6-12(11)20(13)8-14-18-16-9-19(14)4-2/h5-7,9H,3-4,8,15H2,1-2H3. The normalized spacial score (nSPS) is 11.3. The van der Waals surface area contributed by atoms with Crippen molar-refractivity contribution in [3.63, 3.8) is 0 Å². The molecule has 0 spiro atoms. The summed E-state index contributed by atoms with van der Waals surface area (Å²) >= 11 is 0. The first kappa shape index (κ1) is 12.7. The lowest BCUT2D eigenvalue weighted by Gasteiger charge is -2.08. The maximum absolute atomic E-state index is 5.83. The van der Waals surface area contributed by atoms with E-state index < -0.39 is 0 Å². The van der Waals surface area contributed by atoms with Gasteiger partial charge >= 0.3 is 0 Å². The number of hydrogen-bond donors (Lipinski definition) is 1. The van der Waals surface area contributed by atoms with Gasteiger partial charge in [0.2, 0.25) is 0 Å². The van der Waals surface area contributed by atoms with Crippen LogP contribution in [0.2, 0.25) is 0 Å². The third-order valence-electron chi connectivity index (χ3n) is 3.50. The molecule has 3 rings (SSSR count). The zero-order valence-corrected chi connectivity index (χ0v) is 11.7. The molecule has 0 unspecified atom stereocenters. The summed E-state index contributed by atoms with van der Waals surface area (Å²) < 4.78 is 4.23. The van der Waals surface area contributed by atoms with Gasteiger partial charge in [0.15, 0.2) is 5.82 Å². The van der Waals surface area contributed by atoms with Crippen molar-refractivity contribution in [2.24, 2.45) is 0 Å². The quantitative estimate of drug-likeness (QED) is 0.734. The van der Waals surface area contributed by atoms with Crippen LogP contribution in [-0.2, 0) is 19.5 Å². The summed E-state index contributed by atoms with van der Waals surface area (Å²) in [6.45, 7) is 5.73. The van der Waals surface area contributed by atoms with E-state index in [1.807, 2.05) is 22.8 Å². The smallest absolute Gasteiger partial charge is 0.152 e. The Kier molecular flexibility index (Phi) is 3.14. The molecule has 2 heterocycles. The number of rotatable bonds is 4. The summed E-state index contributed by atoms with van der Waals surface area (Å²) in [6, 6.07) is 5.84. The second-order valence-corrected chi connectivity index (χ2v) is 4.75. The van der Waals surface area contributed by atoms with Crippen molar-refractivity contribution in [3.05, 3.63) is 36.2 Å². The highest BCUT2D eigenvalue weighted by Crippen LogP contribution is 2.20. The van der Waals surface area contributed by atoms with Crippen LogP contribution < -0.4 is 5.73 Å². The van der Waals surface area contributed by atoms with Gasteiger partial charge in [-0.2, -0.15) is 0 Å². The van der Waals surface area contributed by atoms with Crippen molar-refractivity contribution < 1.29 is 0 Å². The minimum absolute atomic E-state index is 0.678. The van der Waals surface area contributed by atoms with Crippen LogP contribution in [0, 0.1) is 0 Å². The lowest BCUT2D eigenvalue weighted by molar-refractivity contribution is 0.642. The first-order chi connectivity index (χ1) is 9.72. The van der Waals surface area contributed by atoms with Crippen LogP contribution in [0.4, 0.5) is 5.69 Å². The van der Waals surface area contributed by atoms with Gasteiger partial charge in [-0.05, 0) is 25.1 Å². The fourth-order valence-corrected chi connectivity index (χ4v) is 2.45. The summed E-state index contributed by atoms with van der Waals surface area (Å²) in [4.78, 5) is 4.65. The van der Waals surface area contributed by atoms with Crippen molar-refractivity contribution in [1.82, 2.24) is 24.3 Å². The highest BCUT2D eigenvalue weighted by atomic mass is 15.3. The number of aryl methyl sites for hydroxylation is 2. The largest absolute Gasteiger partial charge is 0.399 e. The molecule has 0 aliphatic carbocycles. The highest BCUT2D eigenvalue weighted by Gasteiger charge is 2.12. The maximum Gasteiger partial charge on any atom is 0.152 e. The number of fused-ring (bicyclic) bond motifs is 1. The van der Waals surface area contributed by atoms with E-state index in [2.05, 4.69) is 33.6 Å². The Morgan fingerprint density at radius 3 is 2.80 bits per heavy atom. The average molecular weight is 270 g/mol. The van der Waals surface area contributed by atoms with Crippen LogP contribution in [0.5, 0.6) is 0 Å². The molecule has 20 heavy (non-hydrogen) atoms. The van der Waals surface area contributed by atoms with Gasteiger partial charge in [-0.1, -0.05) is 6.92 Å². The molecule has 2 aromatic heterocycles. The second kappa shape index (κ2) is 4.96. The maximum atomic E-state index is 5.83. The summed E-state index contributed by atoms with van der Waals surface area (Å²) in [5.74, 6) is 1.98. The van der Waals surface area contributed by atoms with Crippen LogP contribution in [0.15, 0.2) is 24.5 Å². The number of anilines is 1. The van der Waals surface area contributed by atoms with Crippen LogP contribution in [0.1, 0.15) is 25.5 Å². The number of benzene rings is 1. The van der Waals surface area contributed by atoms with Crippen LogP contribution in [-0.4, -0.2) is 24.3 Å². The number of nitrogen functional groups attached to an aromatic ring is 1. The van der Waals surface area contributed by atoms with Gasteiger partial charge in [-0.3, -0.25) is 0 Å². The predicted octanol–water partition coefficient (Wildman–Crippen LogP) is 1.84. The third kappa shape index (κ3) is 2.03. The van der Waals surface area contributed by atoms with Crippen LogP contribution in [0.25, 0.3) is 11.0 Å². The van der Waals surface area contributed by atoms with Crippen molar-refractivity contribution in [2.45, 2.75) is 33.4 Å². The van der Waals surface area contributed by atoms with Gasteiger partial charge in [0, 0.05) is 18.7 Å². The molecule has 6 nitrogen and oxygen atoms in total. The molecule has 0 atom stereocenters. The molecule has 0 aliphatic heterocycles. The third-order valence-corrected chi connectivity index (χ3v) is 3.50. The molecule has 0 amide bonds. The van der Waals surface area contributed by atoms with Gasteiger partial charge in [0.05, 0.1) is 17.6 Å². The summed E-state index contributed by atoms with van der Waals surface area (Å²) in [5.41, 5.74) is 8.59. The molecule has 0 bridgehead atoms. The summed E-state index contributed by atoms with van der Waals surface area (Å²) in [6.07, 6.45) is 2.63. The lowest BCUT2D eigenvalue weighted by atomic mass is 10.3. The molecule has 2 N–H and O–H groups in total. The molecule has 3 aromatic rings. The molecular weight excluding hydrogens is 252 g/mol. The van der Waals surface area contributed by atoms with Crippen molar-refractivity contribution in [2.75, 3.05) is 5.73 Å². The lowest BCUT2D eigenvalue weighted by Crippen LogP contribution is -2.10. The Bertz CT molecular complexity index is 739. The van der Waals surface area contributed by atoms with Gasteiger partial charge in [0.25, 0.3) is 0 Å². The fourth-order valence-electron chi connectivity index (χ4n) is 2.45. The van der Waals surface area contributed by atoms with Gasteiger partial charge in [-0.25, -0.2) is 4.98 Å². The molecule has 1 aromatic carbocycles. The summed E-state index contributed by atoms with van der Waals surface area (Å²) in [7, 11) is 0. The first-order valence-electron chi connectivity index (χ1n) is 6.84. The van der Waals surface area contributed by atoms with E-state index in [0.29, 0.717) is 6.54 Å². The van der Waals surface area contributed by atoms with E-state index in [-0.39, 0.29) is 0 Å². The number of hydrogen-bond acceptors (Lipinski definition) is 4. The van der Waals surface area contributed by atoms with Crippen molar-refractivity contribution in [1.29, 1.82) is 0 Å². The minimum Gasteiger partial charge on any atom is -0.399 e. The Labute approximate surface area is 117 Å². The molecule has 0 aliphatic rings.